The summed E-state index contributed by atoms with van der Waals surface area (Å²) >= 11 is 1.64. The molecule has 3 aromatic carbocycles. The Morgan fingerprint density at radius 1 is 0.903 bits per heavy atom. The van der Waals surface area contributed by atoms with Crippen LogP contribution < -0.4 is 33.7 Å². The van der Waals surface area contributed by atoms with Crippen LogP contribution in [-0.2, 0) is 37.5 Å². The number of hydrogen-bond acceptors (Lipinski definition) is 15. The molecule has 0 aromatic heterocycles. The van der Waals surface area contributed by atoms with Crippen LogP contribution in [0.5, 0.6) is 40.2 Å². The highest BCUT2D eigenvalue weighted by molar-refractivity contribution is 8.00. The van der Waals surface area contributed by atoms with Gasteiger partial charge < -0.3 is 43.2 Å². The summed E-state index contributed by atoms with van der Waals surface area (Å²) in [6.07, 6.45) is 2.89. The summed E-state index contributed by atoms with van der Waals surface area (Å²) in [5.41, 5.74) is 4.97. The van der Waals surface area contributed by atoms with Crippen molar-refractivity contribution in [2.24, 2.45) is 0 Å². The molecule has 0 saturated carbocycles. The van der Waals surface area contributed by atoms with Gasteiger partial charge in [0.2, 0.25) is 6.79 Å². The Kier molecular flexibility index (Phi) is 13.6. The van der Waals surface area contributed by atoms with Gasteiger partial charge in [-0.2, -0.15) is 11.8 Å². The number of aromatic hydroxyl groups is 1. The molecule has 4 heterocycles. The molecule has 1 saturated heterocycles. The van der Waals surface area contributed by atoms with Crippen molar-refractivity contribution >= 4 is 29.7 Å². The third-order valence-electron chi connectivity index (χ3n) is 12.8. The molecule has 62 heavy (non-hydrogen) atoms. The van der Waals surface area contributed by atoms with Crippen LogP contribution in [0.1, 0.15) is 103 Å². The third-order valence-corrected chi connectivity index (χ3v) is 14.2. The Hall–Kier alpha value is -4.70. The van der Waals surface area contributed by atoms with Crippen molar-refractivity contribution in [3.63, 3.8) is 0 Å². The fourth-order valence-electron chi connectivity index (χ4n) is 9.90. The van der Waals surface area contributed by atoms with E-state index in [9.17, 15) is 14.7 Å². The second kappa shape index (κ2) is 18.6. The van der Waals surface area contributed by atoms with E-state index in [2.05, 4.69) is 28.1 Å². The van der Waals surface area contributed by atoms with E-state index in [1.54, 1.807) is 31.0 Å². The Morgan fingerprint density at radius 3 is 2.26 bits per heavy atom. The number of esters is 3. The zero-order chi connectivity index (χ0) is 44.6. The molecule has 3 aromatic rings. The molecule has 14 nitrogen and oxygen atoms in total. The topological polar surface area (TPSA) is 155 Å². The minimum Gasteiger partial charge on any atom is -0.504 e. The number of cyclic esters (lactones) is 1. The number of fused-ring (bicyclic) bond motifs is 5. The zero-order valence-corrected chi connectivity index (χ0v) is 38.5. The molecule has 0 aliphatic carbocycles. The van der Waals surface area contributed by atoms with Gasteiger partial charge in [0.05, 0.1) is 26.3 Å². The summed E-state index contributed by atoms with van der Waals surface area (Å²) in [6, 6.07) is 4.20. The highest BCUT2D eigenvalue weighted by Crippen LogP contribution is 2.54. The third kappa shape index (κ3) is 8.05. The van der Waals surface area contributed by atoms with E-state index in [0.29, 0.717) is 95.5 Å². The maximum atomic E-state index is 15.1. The molecule has 1 spiro atoms. The normalized spacial score (nSPS) is 23.4. The molecule has 7 rings (SSSR count). The number of ether oxygens (including phenoxy) is 7. The number of benzene rings is 3. The van der Waals surface area contributed by atoms with Gasteiger partial charge in [0.1, 0.15) is 12.4 Å². The lowest BCUT2D eigenvalue weighted by atomic mass is 9.83. The number of methoxy groups -OCH3 is 2. The van der Waals surface area contributed by atoms with Crippen LogP contribution in [-0.4, -0.2) is 105 Å². The van der Waals surface area contributed by atoms with Crippen LogP contribution in [0.25, 0.3) is 0 Å². The van der Waals surface area contributed by atoms with Crippen LogP contribution >= 0.6 is 11.8 Å². The number of carbonyl (C=O) groups is 3. The number of nitrogens with zero attached hydrogens (tertiary/aromatic N) is 2. The predicted molar refractivity (Wildman–Crippen MR) is 235 cm³/mol. The van der Waals surface area contributed by atoms with E-state index in [4.69, 9.17) is 33.2 Å². The van der Waals surface area contributed by atoms with Gasteiger partial charge in [-0.15, -0.1) is 0 Å². The van der Waals surface area contributed by atoms with Crippen LogP contribution in [0.4, 0.5) is 0 Å². The summed E-state index contributed by atoms with van der Waals surface area (Å²) in [5.74, 6) is 1.71. The molecule has 4 aliphatic heterocycles. The van der Waals surface area contributed by atoms with Crippen LogP contribution in [0.15, 0.2) is 18.2 Å². The van der Waals surface area contributed by atoms with Gasteiger partial charge in [-0.3, -0.25) is 19.8 Å². The van der Waals surface area contributed by atoms with Crippen LogP contribution in [0.2, 0.25) is 0 Å². The van der Waals surface area contributed by atoms with Crippen molar-refractivity contribution in [2.75, 3.05) is 60.6 Å². The highest BCUT2D eigenvalue weighted by Gasteiger charge is 2.51. The van der Waals surface area contributed by atoms with E-state index >= 15 is 4.79 Å². The summed E-state index contributed by atoms with van der Waals surface area (Å²) in [5, 5.41) is 14.2. The van der Waals surface area contributed by atoms with E-state index in [-0.39, 0.29) is 67.0 Å². The number of carbonyl (C=O) groups excluding carboxylic acids is 3. The van der Waals surface area contributed by atoms with Gasteiger partial charge in [-0.25, -0.2) is 4.79 Å². The number of hydrogen-bond donors (Lipinski definition) is 2. The van der Waals surface area contributed by atoms with Gasteiger partial charge >= 0.3 is 17.9 Å². The Morgan fingerprint density at radius 2 is 1.60 bits per heavy atom. The molecular weight excluding hydrogens is 815 g/mol. The number of nitrogens with one attached hydrogen (secondary N) is 1. The number of likely N-dealkylation sites (N-methyl/N-ethyl adjacent to an activating group) is 1. The number of aryl methyl sites for hydroxylation is 1. The first-order valence-electron chi connectivity index (χ1n) is 21.6. The van der Waals surface area contributed by atoms with Gasteiger partial charge in [0.15, 0.2) is 40.0 Å². The molecule has 0 radical (unpaired) electrons. The Labute approximate surface area is 368 Å². The van der Waals surface area contributed by atoms with Gasteiger partial charge in [0, 0.05) is 65.2 Å². The van der Waals surface area contributed by atoms with E-state index in [1.807, 2.05) is 48.7 Å². The molecular formula is C47H61N3O11S. The lowest BCUT2D eigenvalue weighted by Crippen LogP contribution is -2.58. The first kappa shape index (κ1) is 45.3. The number of phenolic OH excluding ortho intramolecular Hbond substituents is 1. The lowest BCUT2D eigenvalue weighted by Gasteiger charge is -2.48. The fourth-order valence-corrected chi connectivity index (χ4v) is 11.3. The molecule has 1 fully saturated rings. The van der Waals surface area contributed by atoms with Crippen molar-refractivity contribution in [3.8, 4) is 40.2 Å². The lowest BCUT2D eigenvalue weighted by molar-refractivity contribution is -0.154. The van der Waals surface area contributed by atoms with Crippen molar-refractivity contribution in [3.05, 3.63) is 62.7 Å². The molecule has 0 amide bonds. The number of thioether (sulfide) groups is 1. The van der Waals surface area contributed by atoms with Crippen LogP contribution in [0, 0.1) is 20.8 Å². The predicted octanol–water partition coefficient (Wildman–Crippen LogP) is 6.76. The fraction of sp³-hybridized carbons (Fsp3) is 0.553. The molecule has 2 N–H and O–H groups in total. The van der Waals surface area contributed by atoms with Gasteiger partial charge in [-0.1, -0.05) is 26.8 Å². The standard InChI is InChI=1S/C47H61N3O11S/c1-11-13-35(52)60-42-26(4)37(44-43(27(42)5)58-24-59-44)32-22-57-46(54)47(31-21-34(55-9)33(51)20-29(31)15-17-48-47)23-62-28(6)39-40(49(7)8)38-30(16-18-50(32)39)19-25(3)41(56-10)45(38)61-36(53)14-12-2/h19-21,28,32,39-40,48,51H,11-18,22-24H2,1-10H3/t28?,32?,39?,40?,47-/m1/s1. The minimum absolute atomic E-state index is 0.00155. The Bertz CT molecular complexity index is 2230. The number of phenols is 1. The molecule has 4 aliphatic rings. The maximum absolute atomic E-state index is 15.1. The van der Waals surface area contributed by atoms with E-state index in [0.717, 1.165) is 22.3 Å². The second-order valence-corrected chi connectivity index (χ2v) is 18.3. The second-order valence-electron chi connectivity index (χ2n) is 16.9. The largest absolute Gasteiger partial charge is 0.504 e. The SMILES string of the molecule is CCCC(=O)Oc1c(C)c2c(c(C3COC(=O)[C@]4(CSC(C)C5C(N(C)C)c6c(cc(C)c(OC)c6OC(=O)CCC)CCN35)NCCc3cc(O)c(OC)cc34)c1C)OCO2. The summed E-state index contributed by atoms with van der Waals surface area (Å²) in [7, 11) is 7.15. The Balaban J connectivity index is 1.49. The quantitative estimate of drug-likeness (QED) is 0.163. The van der Waals surface area contributed by atoms with Gasteiger partial charge in [-0.05, 0) is 94.9 Å². The van der Waals surface area contributed by atoms with Crippen molar-refractivity contribution in [1.29, 1.82) is 0 Å². The van der Waals surface area contributed by atoms with Gasteiger partial charge in [0.25, 0.3) is 0 Å². The number of rotatable bonds is 10. The smallest absolute Gasteiger partial charge is 0.331 e. The summed E-state index contributed by atoms with van der Waals surface area (Å²) in [6.45, 7) is 12.7. The molecule has 5 atom stereocenters. The zero-order valence-electron chi connectivity index (χ0n) is 37.7. The maximum Gasteiger partial charge on any atom is 0.331 e. The van der Waals surface area contributed by atoms with Crippen LogP contribution in [0.3, 0.4) is 0 Å². The monoisotopic (exact) mass is 875 g/mol. The molecule has 0 bridgehead atoms. The molecule has 336 valence electrons. The first-order valence-corrected chi connectivity index (χ1v) is 22.7. The average Bonchev–Trinajstić information content (AvgIpc) is 3.65. The molecule has 4 unspecified atom stereocenters. The minimum atomic E-state index is -1.30. The van der Waals surface area contributed by atoms with E-state index in [1.165, 1.54) is 7.11 Å². The highest BCUT2D eigenvalue weighted by atomic mass is 32.2. The van der Waals surface area contributed by atoms with Crippen molar-refractivity contribution < 1.29 is 52.6 Å². The van der Waals surface area contributed by atoms with Crippen molar-refractivity contribution in [1.82, 2.24) is 15.1 Å². The first-order chi connectivity index (χ1) is 29.7. The van der Waals surface area contributed by atoms with Crippen molar-refractivity contribution in [2.45, 2.75) is 109 Å². The average molecular weight is 876 g/mol. The summed E-state index contributed by atoms with van der Waals surface area (Å²) < 4.78 is 43.2. The van der Waals surface area contributed by atoms with E-state index < -0.39 is 17.6 Å². The summed E-state index contributed by atoms with van der Waals surface area (Å²) in [4.78, 5) is 46.3. The molecule has 15 heteroatoms.